The van der Waals surface area contributed by atoms with Gasteiger partial charge < -0.3 is 10.5 Å². The normalized spacial score (nSPS) is 21.6. The molecule has 0 aromatic heterocycles. The van der Waals surface area contributed by atoms with Crippen LogP contribution in [0.5, 0.6) is 5.75 Å². The maximum absolute atomic E-state index is 6.23. The maximum atomic E-state index is 6.23. The second-order valence-corrected chi connectivity index (χ2v) is 6.04. The van der Waals surface area contributed by atoms with E-state index in [0.29, 0.717) is 0 Å². The quantitative estimate of drug-likeness (QED) is 0.823. The van der Waals surface area contributed by atoms with Gasteiger partial charge in [0.05, 0.1) is 0 Å². The summed E-state index contributed by atoms with van der Waals surface area (Å²) in [7, 11) is 0. The van der Waals surface area contributed by atoms with Gasteiger partial charge in [-0.15, -0.1) is 0 Å². The van der Waals surface area contributed by atoms with Gasteiger partial charge in [0.15, 0.2) is 0 Å². The molecule has 0 radical (unpaired) electrons. The van der Waals surface area contributed by atoms with Crippen molar-refractivity contribution in [3.8, 4) is 5.75 Å². The molecule has 0 bridgehead atoms. The number of nitrogens with two attached hydrogens (primary N) is 1. The first-order chi connectivity index (χ1) is 9.13. The Morgan fingerprint density at radius 1 is 1.21 bits per heavy atom. The van der Waals surface area contributed by atoms with Crippen LogP contribution in [-0.4, -0.2) is 0 Å². The standard InChI is InChI=1S/C15H13BrClNO/c16-10-4-5-12-13(18)8-14(19-15(12)7-10)9-2-1-3-11(17)6-9/h1-7,13-14H,8,18H2. The number of rotatable bonds is 1. The fourth-order valence-electron chi connectivity index (χ4n) is 2.39. The van der Waals surface area contributed by atoms with Crippen LogP contribution in [0, 0.1) is 0 Å². The van der Waals surface area contributed by atoms with E-state index in [1.54, 1.807) is 0 Å². The van der Waals surface area contributed by atoms with Crippen molar-refractivity contribution in [2.24, 2.45) is 5.73 Å². The van der Waals surface area contributed by atoms with Crippen molar-refractivity contribution in [1.29, 1.82) is 0 Å². The third kappa shape index (κ3) is 2.64. The molecular weight excluding hydrogens is 326 g/mol. The minimum Gasteiger partial charge on any atom is -0.485 e. The molecule has 2 atom stereocenters. The molecular formula is C15H13BrClNO. The molecule has 0 aliphatic carbocycles. The van der Waals surface area contributed by atoms with Crippen LogP contribution >= 0.6 is 27.5 Å². The average Bonchev–Trinajstić information content (AvgIpc) is 2.38. The van der Waals surface area contributed by atoms with Gasteiger partial charge in [0, 0.05) is 27.5 Å². The summed E-state index contributed by atoms with van der Waals surface area (Å²) in [6, 6.07) is 13.7. The molecule has 0 spiro atoms. The molecule has 2 unspecified atom stereocenters. The minimum atomic E-state index is -0.0458. The monoisotopic (exact) mass is 337 g/mol. The summed E-state index contributed by atoms with van der Waals surface area (Å²) in [6.07, 6.45) is 0.713. The Morgan fingerprint density at radius 2 is 2.05 bits per heavy atom. The van der Waals surface area contributed by atoms with Crippen molar-refractivity contribution < 1.29 is 4.74 Å². The largest absolute Gasteiger partial charge is 0.485 e. The van der Waals surface area contributed by atoms with Crippen molar-refractivity contribution >= 4 is 27.5 Å². The molecule has 0 fully saturated rings. The second-order valence-electron chi connectivity index (χ2n) is 4.69. The summed E-state index contributed by atoms with van der Waals surface area (Å²) < 4.78 is 7.05. The van der Waals surface area contributed by atoms with Crippen LogP contribution in [0.1, 0.15) is 29.7 Å². The van der Waals surface area contributed by atoms with E-state index < -0.39 is 0 Å². The van der Waals surface area contributed by atoms with E-state index in [9.17, 15) is 0 Å². The predicted octanol–water partition coefficient (Wildman–Crippen LogP) is 4.63. The minimum absolute atomic E-state index is 0.0131. The molecule has 0 saturated carbocycles. The van der Waals surface area contributed by atoms with Gasteiger partial charge in [0.25, 0.3) is 0 Å². The summed E-state index contributed by atoms with van der Waals surface area (Å²) in [4.78, 5) is 0. The highest BCUT2D eigenvalue weighted by Gasteiger charge is 2.27. The zero-order valence-electron chi connectivity index (χ0n) is 10.1. The second kappa shape index (κ2) is 5.16. The van der Waals surface area contributed by atoms with Crippen LogP contribution in [0.2, 0.25) is 5.02 Å². The van der Waals surface area contributed by atoms with Crippen molar-refractivity contribution in [2.45, 2.75) is 18.6 Å². The van der Waals surface area contributed by atoms with Gasteiger partial charge in [-0.3, -0.25) is 0 Å². The summed E-state index contributed by atoms with van der Waals surface area (Å²) >= 11 is 9.49. The highest BCUT2D eigenvalue weighted by molar-refractivity contribution is 9.10. The van der Waals surface area contributed by atoms with Crippen molar-refractivity contribution in [3.63, 3.8) is 0 Å². The average molecular weight is 339 g/mol. The van der Waals surface area contributed by atoms with Crippen LogP contribution in [-0.2, 0) is 0 Å². The molecule has 2 aromatic carbocycles. The molecule has 0 amide bonds. The van der Waals surface area contributed by atoms with E-state index in [1.807, 2.05) is 42.5 Å². The summed E-state index contributed by atoms with van der Waals surface area (Å²) in [5, 5.41) is 0.717. The molecule has 2 aromatic rings. The number of ether oxygens (including phenoxy) is 1. The lowest BCUT2D eigenvalue weighted by Crippen LogP contribution is -2.24. The molecule has 1 aliphatic rings. The molecule has 19 heavy (non-hydrogen) atoms. The molecule has 98 valence electrons. The topological polar surface area (TPSA) is 35.2 Å². The van der Waals surface area contributed by atoms with Crippen LogP contribution in [0.15, 0.2) is 46.9 Å². The van der Waals surface area contributed by atoms with Gasteiger partial charge in [0.2, 0.25) is 0 Å². The fraction of sp³-hybridized carbons (Fsp3) is 0.200. The first-order valence-electron chi connectivity index (χ1n) is 6.10. The Bertz CT molecular complexity index is 617. The zero-order chi connectivity index (χ0) is 13.4. The molecule has 2 N–H and O–H groups in total. The van der Waals surface area contributed by atoms with Gasteiger partial charge in [-0.2, -0.15) is 0 Å². The predicted molar refractivity (Wildman–Crippen MR) is 80.5 cm³/mol. The Morgan fingerprint density at radius 3 is 2.84 bits per heavy atom. The van der Waals surface area contributed by atoms with E-state index in [0.717, 1.165) is 32.8 Å². The molecule has 4 heteroatoms. The SMILES string of the molecule is NC1CC(c2cccc(Cl)c2)Oc2cc(Br)ccc21. The summed E-state index contributed by atoms with van der Waals surface area (Å²) in [6.45, 7) is 0. The molecule has 1 heterocycles. The van der Waals surface area contributed by atoms with E-state index in [4.69, 9.17) is 22.1 Å². The molecule has 3 rings (SSSR count). The lowest BCUT2D eigenvalue weighted by molar-refractivity contribution is 0.161. The van der Waals surface area contributed by atoms with Crippen LogP contribution < -0.4 is 10.5 Å². The maximum Gasteiger partial charge on any atom is 0.126 e. The van der Waals surface area contributed by atoms with Crippen molar-refractivity contribution in [3.05, 3.63) is 63.1 Å². The Balaban J connectivity index is 1.96. The number of benzene rings is 2. The summed E-state index contributed by atoms with van der Waals surface area (Å²) in [5.74, 6) is 0.845. The zero-order valence-corrected chi connectivity index (χ0v) is 12.5. The van der Waals surface area contributed by atoms with Crippen molar-refractivity contribution in [1.82, 2.24) is 0 Å². The van der Waals surface area contributed by atoms with Crippen molar-refractivity contribution in [2.75, 3.05) is 0 Å². The van der Waals surface area contributed by atoms with Crippen LogP contribution in [0.4, 0.5) is 0 Å². The van der Waals surface area contributed by atoms with Gasteiger partial charge in [-0.05, 0) is 29.8 Å². The number of hydrogen-bond acceptors (Lipinski definition) is 2. The van der Waals surface area contributed by atoms with Gasteiger partial charge in [-0.1, -0.05) is 45.7 Å². The van der Waals surface area contributed by atoms with E-state index in [-0.39, 0.29) is 12.1 Å². The third-order valence-corrected chi connectivity index (χ3v) is 4.06. The molecule has 0 saturated heterocycles. The summed E-state index contributed by atoms with van der Waals surface area (Å²) in [5.41, 5.74) is 8.35. The first-order valence-corrected chi connectivity index (χ1v) is 7.28. The Kier molecular flexibility index (Phi) is 3.52. The van der Waals surface area contributed by atoms with E-state index >= 15 is 0 Å². The fourth-order valence-corrected chi connectivity index (χ4v) is 2.93. The first kappa shape index (κ1) is 13.0. The smallest absolute Gasteiger partial charge is 0.126 e. The lowest BCUT2D eigenvalue weighted by atomic mass is 9.94. The van der Waals surface area contributed by atoms with Gasteiger partial charge in [-0.25, -0.2) is 0 Å². The highest BCUT2D eigenvalue weighted by Crippen LogP contribution is 2.41. The molecule has 1 aliphatic heterocycles. The van der Waals surface area contributed by atoms with E-state index in [1.165, 1.54) is 0 Å². The van der Waals surface area contributed by atoms with E-state index in [2.05, 4.69) is 15.9 Å². The lowest BCUT2D eigenvalue weighted by Gasteiger charge is -2.30. The number of halogens is 2. The Labute approximate surface area is 125 Å². The molecule has 2 nitrogen and oxygen atoms in total. The van der Waals surface area contributed by atoms with Gasteiger partial charge >= 0.3 is 0 Å². The van der Waals surface area contributed by atoms with Crippen LogP contribution in [0.3, 0.4) is 0 Å². The third-order valence-electron chi connectivity index (χ3n) is 3.33. The number of hydrogen-bond donors (Lipinski definition) is 1. The number of fused-ring (bicyclic) bond motifs is 1. The van der Waals surface area contributed by atoms with Gasteiger partial charge in [0.1, 0.15) is 11.9 Å². The highest BCUT2D eigenvalue weighted by atomic mass is 79.9. The Hall–Kier alpha value is -1.03. The van der Waals surface area contributed by atoms with Crippen LogP contribution in [0.25, 0.3) is 0 Å².